The van der Waals surface area contributed by atoms with Gasteiger partial charge in [0.2, 0.25) is 17.6 Å². The molecule has 35 heavy (non-hydrogen) atoms. The van der Waals surface area contributed by atoms with Crippen LogP contribution < -0.4 is 10.6 Å². The van der Waals surface area contributed by atoms with Crippen LogP contribution in [0.25, 0.3) is 17.2 Å². The number of nitrogens with one attached hydrogen (secondary N) is 2. The van der Waals surface area contributed by atoms with Crippen molar-refractivity contribution in [2.45, 2.75) is 48.6 Å². The van der Waals surface area contributed by atoms with Crippen LogP contribution in [0.2, 0.25) is 0 Å². The molecule has 2 aliphatic rings. The second kappa shape index (κ2) is 9.30. The van der Waals surface area contributed by atoms with Gasteiger partial charge in [-0.2, -0.15) is 18.2 Å². The standard InChI is InChI=1S/C21H23F4N7O2S/c1-31-8-6-13(12(22)10-31)27-14-3-2-7-32-18(14)29-16(20(32)35-21(23,24)25)17-28-15(34-30-17)9-26-19(33)11-4-5-11/h2-3,7,11-13,27H,4-6,8-10H2,1H3,(H,26,33)/t12-,13+/m0/s1. The lowest BCUT2D eigenvalue weighted by Gasteiger charge is -2.33. The van der Waals surface area contributed by atoms with Gasteiger partial charge in [0.25, 0.3) is 0 Å². The van der Waals surface area contributed by atoms with Crippen molar-refractivity contribution in [2.75, 3.05) is 25.5 Å². The molecule has 0 spiro atoms. The van der Waals surface area contributed by atoms with Crippen molar-refractivity contribution in [3.63, 3.8) is 0 Å². The van der Waals surface area contributed by atoms with Crippen molar-refractivity contribution >= 4 is 29.0 Å². The number of rotatable bonds is 7. The number of nitrogens with zero attached hydrogens (tertiary/aromatic N) is 5. The van der Waals surface area contributed by atoms with E-state index in [4.69, 9.17) is 4.52 Å². The number of anilines is 1. The van der Waals surface area contributed by atoms with Gasteiger partial charge in [0.05, 0.1) is 18.3 Å². The third kappa shape index (κ3) is 5.37. The first-order chi connectivity index (χ1) is 16.7. The van der Waals surface area contributed by atoms with Gasteiger partial charge in [-0.15, -0.1) is 0 Å². The van der Waals surface area contributed by atoms with Crippen molar-refractivity contribution in [2.24, 2.45) is 5.92 Å². The Morgan fingerprint density at radius 1 is 1.29 bits per heavy atom. The number of piperidine rings is 1. The number of amides is 1. The van der Waals surface area contributed by atoms with E-state index >= 15 is 0 Å². The maximum atomic E-state index is 14.6. The summed E-state index contributed by atoms with van der Waals surface area (Å²) in [5, 5.41) is 9.34. The predicted octanol–water partition coefficient (Wildman–Crippen LogP) is 3.48. The number of imidazole rings is 1. The Morgan fingerprint density at radius 3 is 2.80 bits per heavy atom. The fourth-order valence-corrected chi connectivity index (χ4v) is 4.70. The van der Waals surface area contributed by atoms with E-state index in [2.05, 4.69) is 25.8 Å². The van der Waals surface area contributed by atoms with Crippen LogP contribution in [0.1, 0.15) is 25.2 Å². The minimum Gasteiger partial charge on any atom is -0.376 e. The van der Waals surface area contributed by atoms with Crippen LogP contribution in [-0.4, -0.2) is 68.2 Å². The third-order valence-corrected chi connectivity index (χ3v) is 6.76. The molecule has 1 amide bonds. The van der Waals surface area contributed by atoms with Gasteiger partial charge in [-0.3, -0.25) is 9.20 Å². The molecule has 5 rings (SSSR count). The van der Waals surface area contributed by atoms with Gasteiger partial charge in [-0.05, 0) is 38.4 Å². The molecule has 2 atom stereocenters. The normalized spacial score (nSPS) is 21.4. The topological polar surface area (TPSA) is 101 Å². The highest BCUT2D eigenvalue weighted by molar-refractivity contribution is 8.00. The molecule has 3 aromatic heterocycles. The second-order valence-corrected chi connectivity index (χ2v) is 9.80. The lowest BCUT2D eigenvalue weighted by atomic mass is 10.0. The molecule has 2 N–H and O–H groups in total. The van der Waals surface area contributed by atoms with Gasteiger partial charge in [0.15, 0.2) is 5.65 Å². The Balaban J connectivity index is 1.46. The molecule has 0 radical (unpaired) electrons. The fraction of sp³-hybridized carbons (Fsp3) is 0.524. The highest BCUT2D eigenvalue weighted by Gasteiger charge is 2.35. The van der Waals surface area contributed by atoms with E-state index in [1.54, 1.807) is 12.1 Å². The van der Waals surface area contributed by atoms with E-state index in [0.29, 0.717) is 18.7 Å². The minimum absolute atomic E-state index is 0.00924. The Kier molecular flexibility index (Phi) is 6.34. The molecule has 2 fully saturated rings. The summed E-state index contributed by atoms with van der Waals surface area (Å²) in [7, 11) is 1.83. The van der Waals surface area contributed by atoms with E-state index in [9.17, 15) is 22.4 Å². The van der Waals surface area contributed by atoms with Crippen LogP contribution in [0.5, 0.6) is 0 Å². The van der Waals surface area contributed by atoms with Crippen molar-refractivity contribution in [1.82, 2.24) is 29.7 Å². The van der Waals surface area contributed by atoms with Gasteiger partial charge in [0, 0.05) is 37.0 Å². The summed E-state index contributed by atoms with van der Waals surface area (Å²) in [6.45, 7) is 0.926. The molecule has 1 saturated heterocycles. The van der Waals surface area contributed by atoms with Crippen LogP contribution in [-0.2, 0) is 11.3 Å². The predicted molar refractivity (Wildman–Crippen MR) is 119 cm³/mol. The fourth-order valence-electron chi connectivity index (χ4n) is 4.01. The molecule has 0 bridgehead atoms. The number of likely N-dealkylation sites (tertiary alicyclic amines) is 1. The molecule has 188 valence electrons. The van der Waals surface area contributed by atoms with Gasteiger partial charge < -0.3 is 20.1 Å². The average molecular weight is 514 g/mol. The van der Waals surface area contributed by atoms with E-state index < -0.39 is 17.7 Å². The monoisotopic (exact) mass is 513 g/mol. The average Bonchev–Trinajstić information content (AvgIpc) is 3.44. The van der Waals surface area contributed by atoms with Gasteiger partial charge in [-0.25, -0.2) is 9.37 Å². The van der Waals surface area contributed by atoms with Crippen molar-refractivity contribution in [3.05, 3.63) is 24.2 Å². The first kappa shape index (κ1) is 23.9. The number of halogens is 4. The van der Waals surface area contributed by atoms with Gasteiger partial charge in [0.1, 0.15) is 16.9 Å². The minimum atomic E-state index is -4.60. The van der Waals surface area contributed by atoms with Crippen LogP contribution in [0.15, 0.2) is 27.9 Å². The summed E-state index contributed by atoms with van der Waals surface area (Å²) in [4.78, 5) is 22.3. The summed E-state index contributed by atoms with van der Waals surface area (Å²) >= 11 is -0.346. The number of aromatic nitrogens is 4. The zero-order chi connectivity index (χ0) is 24.7. The molecule has 3 aromatic rings. The maximum absolute atomic E-state index is 14.6. The summed E-state index contributed by atoms with van der Waals surface area (Å²) in [5.74, 6) is -0.213. The SMILES string of the molecule is CN1CC[C@@H](Nc2cccn3c(SC(F)(F)F)c(-c4noc(CNC(=O)C5CC5)n4)nc23)[C@@H](F)C1. The van der Waals surface area contributed by atoms with E-state index in [-0.39, 0.29) is 64.8 Å². The van der Waals surface area contributed by atoms with Crippen molar-refractivity contribution < 1.29 is 26.9 Å². The number of hydrogen-bond acceptors (Lipinski definition) is 8. The highest BCUT2D eigenvalue weighted by atomic mass is 32.2. The van der Waals surface area contributed by atoms with Crippen LogP contribution in [0, 0.1) is 5.92 Å². The third-order valence-electron chi connectivity index (χ3n) is 5.95. The molecular weight excluding hydrogens is 490 g/mol. The Hall–Kier alpha value is -2.87. The van der Waals surface area contributed by atoms with Gasteiger partial charge in [-0.1, -0.05) is 5.16 Å². The second-order valence-electron chi connectivity index (χ2n) is 8.75. The first-order valence-electron chi connectivity index (χ1n) is 11.1. The molecule has 1 aliphatic carbocycles. The molecule has 0 aromatic carbocycles. The maximum Gasteiger partial charge on any atom is 0.447 e. The van der Waals surface area contributed by atoms with Crippen molar-refractivity contribution in [3.8, 4) is 11.5 Å². The molecule has 0 unspecified atom stereocenters. The number of fused-ring (bicyclic) bond motifs is 1. The largest absolute Gasteiger partial charge is 0.447 e. The number of carbonyl (C=O) groups excluding carboxylic acids is 1. The summed E-state index contributed by atoms with van der Waals surface area (Å²) in [5.41, 5.74) is -4.13. The molecule has 4 heterocycles. The van der Waals surface area contributed by atoms with Crippen molar-refractivity contribution in [1.29, 1.82) is 0 Å². The lowest BCUT2D eigenvalue weighted by molar-refractivity contribution is -0.122. The van der Waals surface area contributed by atoms with Gasteiger partial charge >= 0.3 is 5.51 Å². The Labute approximate surface area is 201 Å². The smallest absolute Gasteiger partial charge is 0.376 e. The highest BCUT2D eigenvalue weighted by Crippen LogP contribution is 2.42. The zero-order valence-electron chi connectivity index (χ0n) is 18.7. The molecule has 14 heteroatoms. The number of pyridine rings is 1. The quantitative estimate of drug-likeness (QED) is 0.366. The Morgan fingerprint density at radius 2 is 2.09 bits per heavy atom. The van der Waals surface area contributed by atoms with Crippen LogP contribution in [0.4, 0.5) is 23.2 Å². The first-order valence-corrected chi connectivity index (χ1v) is 12.0. The Bertz CT molecular complexity index is 1230. The lowest BCUT2D eigenvalue weighted by Crippen LogP contribution is -2.46. The molecule has 1 saturated carbocycles. The zero-order valence-corrected chi connectivity index (χ0v) is 19.5. The van der Waals surface area contributed by atoms with Crippen LogP contribution in [0.3, 0.4) is 0 Å². The van der Waals surface area contributed by atoms with E-state index in [1.165, 1.54) is 10.6 Å². The summed E-state index contributed by atoms with van der Waals surface area (Å²) < 4.78 is 61.3. The van der Waals surface area contributed by atoms with Crippen LogP contribution >= 0.6 is 11.8 Å². The summed E-state index contributed by atoms with van der Waals surface area (Å²) in [6, 6.07) is 2.72. The van der Waals surface area contributed by atoms with E-state index in [0.717, 1.165) is 12.8 Å². The molecule has 9 nitrogen and oxygen atoms in total. The molecular formula is C21H23F4N7O2S. The molecule has 1 aliphatic heterocycles. The number of carbonyl (C=O) groups is 1. The summed E-state index contributed by atoms with van der Waals surface area (Å²) in [6.07, 6.45) is 2.51. The van der Waals surface area contributed by atoms with E-state index in [1.807, 2.05) is 11.9 Å². The number of alkyl halides is 4. The number of thioether (sulfide) groups is 1. The number of hydrogen-bond donors (Lipinski definition) is 2.